The van der Waals surface area contributed by atoms with Crippen molar-refractivity contribution in [3.63, 3.8) is 0 Å². The van der Waals surface area contributed by atoms with Crippen LogP contribution in [0, 0.1) is 0 Å². The van der Waals surface area contributed by atoms with Gasteiger partial charge in [-0.25, -0.2) is 0 Å². The smallest absolute Gasteiger partial charge is 0.339 e. The minimum absolute atomic E-state index is 0.0100. The molecular weight excluding hydrogens is 288 g/mol. The summed E-state index contributed by atoms with van der Waals surface area (Å²) in [6.45, 7) is 0. The highest BCUT2D eigenvalue weighted by molar-refractivity contribution is 7.87. The van der Waals surface area contributed by atoms with E-state index >= 15 is 0 Å². The quantitative estimate of drug-likeness (QED) is 0.814. The van der Waals surface area contributed by atoms with Crippen molar-refractivity contribution in [1.82, 2.24) is 0 Å². The van der Waals surface area contributed by atoms with Gasteiger partial charge < -0.3 is 8.92 Å². The van der Waals surface area contributed by atoms with Crippen LogP contribution >= 0.6 is 11.6 Å². The van der Waals surface area contributed by atoms with Crippen molar-refractivity contribution in [3.05, 3.63) is 53.6 Å². The summed E-state index contributed by atoms with van der Waals surface area (Å²) in [6, 6.07) is 12.2. The maximum Gasteiger partial charge on any atom is 0.339 e. The Bertz CT molecular complexity index is 665. The van der Waals surface area contributed by atoms with Crippen LogP contribution in [0.15, 0.2) is 53.4 Å². The third-order valence-electron chi connectivity index (χ3n) is 2.35. The van der Waals surface area contributed by atoms with Crippen molar-refractivity contribution >= 4 is 21.7 Å². The number of methoxy groups -OCH3 is 1. The van der Waals surface area contributed by atoms with Gasteiger partial charge in [0.2, 0.25) is 0 Å². The second kappa shape index (κ2) is 5.50. The van der Waals surface area contributed by atoms with Crippen LogP contribution in [0.4, 0.5) is 0 Å². The van der Waals surface area contributed by atoms with Gasteiger partial charge in [0, 0.05) is 5.02 Å². The highest BCUT2D eigenvalue weighted by Crippen LogP contribution is 2.23. The molecule has 2 aromatic carbocycles. The minimum atomic E-state index is -3.88. The van der Waals surface area contributed by atoms with E-state index in [2.05, 4.69) is 0 Å². The number of hydrogen-bond donors (Lipinski definition) is 0. The number of hydrogen-bond acceptors (Lipinski definition) is 4. The van der Waals surface area contributed by atoms with Crippen LogP contribution in [-0.2, 0) is 10.1 Å². The fourth-order valence-electron chi connectivity index (χ4n) is 1.43. The second-order valence-electron chi connectivity index (χ2n) is 3.67. The molecule has 0 fully saturated rings. The second-order valence-corrected chi connectivity index (χ2v) is 5.65. The van der Waals surface area contributed by atoms with Crippen LogP contribution in [0.1, 0.15) is 0 Å². The van der Waals surface area contributed by atoms with Crippen molar-refractivity contribution < 1.29 is 17.3 Å². The van der Waals surface area contributed by atoms with Gasteiger partial charge in [-0.1, -0.05) is 17.7 Å². The molecule has 0 amide bonds. The van der Waals surface area contributed by atoms with E-state index in [-0.39, 0.29) is 10.6 Å². The molecule has 0 saturated heterocycles. The lowest BCUT2D eigenvalue weighted by molar-refractivity contribution is 0.413. The highest BCUT2D eigenvalue weighted by Gasteiger charge is 2.16. The fourth-order valence-corrected chi connectivity index (χ4v) is 2.66. The van der Waals surface area contributed by atoms with Crippen LogP contribution in [0.5, 0.6) is 11.5 Å². The molecule has 2 rings (SSSR count). The molecule has 0 unspecified atom stereocenters. The van der Waals surface area contributed by atoms with E-state index in [9.17, 15) is 8.42 Å². The summed E-state index contributed by atoms with van der Waals surface area (Å²) in [5.41, 5.74) is 0. The zero-order chi connectivity index (χ0) is 13.9. The van der Waals surface area contributed by atoms with Crippen molar-refractivity contribution in [1.29, 1.82) is 0 Å². The summed E-state index contributed by atoms with van der Waals surface area (Å²) >= 11 is 5.76. The Kier molecular flexibility index (Phi) is 3.97. The average molecular weight is 299 g/mol. The van der Waals surface area contributed by atoms with E-state index in [0.29, 0.717) is 10.8 Å². The van der Waals surface area contributed by atoms with Gasteiger partial charge in [0.1, 0.15) is 16.4 Å². The lowest BCUT2D eigenvalue weighted by Crippen LogP contribution is -2.09. The lowest BCUT2D eigenvalue weighted by Gasteiger charge is -2.07. The first-order valence-electron chi connectivity index (χ1n) is 5.35. The highest BCUT2D eigenvalue weighted by atomic mass is 35.5. The predicted octanol–water partition coefficient (Wildman–Crippen LogP) is 3.12. The van der Waals surface area contributed by atoms with E-state index < -0.39 is 10.1 Å². The van der Waals surface area contributed by atoms with Crippen LogP contribution in [0.3, 0.4) is 0 Å². The molecule has 0 heterocycles. The third-order valence-corrected chi connectivity index (χ3v) is 3.83. The molecule has 100 valence electrons. The molecule has 2 aromatic rings. The Hall–Kier alpha value is -1.72. The first-order chi connectivity index (χ1) is 9.01. The minimum Gasteiger partial charge on any atom is -0.497 e. The van der Waals surface area contributed by atoms with Gasteiger partial charge in [0.25, 0.3) is 0 Å². The molecule has 0 atom stereocenters. The van der Waals surface area contributed by atoms with Gasteiger partial charge in [0.05, 0.1) is 7.11 Å². The Morgan fingerprint density at radius 1 is 1.00 bits per heavy atom. The molecule has 4 nitrogen and oxygen atoms in total. The van der Waals surface area contributed by atoms with Crippen molar-refractivity contribution in [3.8, 4) is 11.5 Å². The zero-order valence-electron chi connectivity index (χ0n) is 10.0. The molecule has 0 aromatic heterocycles. The molecule has 0 N–H and O–H groups in total. The van der Waals surface area contributed by atoms with Crippen LogP contribution < -0.4 is 8.92 Å². The van der Waals surface area contributed by atoms with Crippen LogP contribution in [-0.4, -0.2) is 15.5 Å². The number of benzene rings is 2. The third kappa shape index (κ3) is 3.39. The summed E-state index contributed by atoms with van der Waals surface area (Å²) < 4.78 is 34.0. The van der Waals surface area contributed by atoms with Gasteiger partial charge in [0.15, 0.2) is 0 Å². The molecule has 6 heteroatoms. The SMILES string of the molecule is COc1ccc(OS(=O)(=O)c2cccc(Cl)c2)cc1. The average Bonchev–Trinajstić information content (AvgIpc) is 2.39. The largest absolute Gasteiger partial charge is 0.497 e. The van der Waals surface area contributed by atoms with E-state index in [1.165, 1.54) is 31.4 Å². The van der Waals surface area contributed by atoms with Gasteiger partial charge in [-0.15, -0.1) is 0 Å². The molecule has 0 aliphatic heterocycles. The summed E-state index contributed by atoms with van der Waals surface area (Å²) in [7, 11) is -2.35. The number of rotatable bonds is 4. The van der Waals surface area contributed by atoms with Gasteiger partial charge >= 0.3 is 10.1 Å². The van der Waals surface area contributed by atoms with Gasteiger partial charge in [-0.05, 0) is 42.5 Å². The first kappa shape index (κ1) is 13.7. The monoisotopic (exact) mass is 298 g/mol. The maximum atomic E-state index is 12.0. The van der Waals surface area contributed by atoms with Crippen LogP contribution in [0.2, 0.25) is 5.02 Å². The van der Waals surface area contributed by atoms with Crippen molar-refractivity contribution in [2.24, 2.45) is 0 Å². The first-order valence-corrected chi connectivity index (χ1v) is 7.14. The molecule has 0 bridgehead atoms. The standard InChI is InChI=1S/C13H11ClO4S/c1-17-11-5-7-12(8-6-11)18-19(15,16)13-4-2-3-10(14)9-13/h2-9H,1H3. The maximum absolute atomic E-state index is 12.0. The molecular formula is C13H11ClO4S. The predicted molar refractivity (Wildman–Crippen MR) is 72.3 cm³/mol. The molecule has 0 radical (unpaired) electrons. The van der Waals surface area contributed by atoms with E-state index in [4.69, 9.17) is 20.5 Å². The molecule has 0 aliphatic rings. The van der Waals surface area contributed by atoms with E-state index in [0.717, 1.165) is 0 Å². The van der Waals surface area contributed by atoms with Crippen molar-refractivity contribution in [2.75, 3.05) is 7.11 Å². The Balaban J connectivity index is 2.25. The molecule has 19 heavy (non-hydrogen) atoms. The topological polar surface area (TPSA) is 52.6 Å². The summed E-state index contributed by atoms with van der Waals surface area (Å²) in [6.07, 6.45) is 0. The zero-order valence-corrected chi connectivity index (χ0v) is 11.6. The van der Waals surface area contributed by atoms with E-state index in [1.807, 2.05) is 0 Å². The van der Waals surface area contributed by atoms with Crippen molar-refractivity contribution in [2.45, 2.75) is 4.90 Å². The number of ether oxygens (including phenoxy) is 1. The Labute approximate surface area is 116 Å². The lowest BCUT2D eigenvalue weighted by atomic mass is 10.3. The Morgan fingerprint density at radius 2 is 1.63 bits per heavy atom. The molecule has 0 saturated carbocycles. The summed E-state index contributed by atoms with van der Waals surface area (Å²) in [4.78, 5) is 0.0100. The van der Waals surface area contributed by atoms with Gasteiger partial charge in [-0.2, -0.15) is 8.42 Å². The number of halogens is 1. The molecule has 0 aliphatic carbocycles. The summed E-state index contributed by atoms with van der Waals surface area (Å²) in [5.74, 6) is 0.827. The van der Waals surface area contributed by atoms with E-state index in [1.54, 1.807) is 24.3 Å². The summed E-state index contributed by atoms with van der Waals surface area (Å²) in [5, 5.41) is 0.333. The Morgan fingerprint density at radius 3 is 2.21 bits per heavy atom. The van der Waals surface area contributed by atoms with Gasteiger partial charge in [-0.3, -0.25) is 0 Å². The fraction of sp³-hybridized carbons (Fsp3) is 0.0769. The normalized spacial score (nSPS) is 11.1. The molecule has 0 spiro atoms. The van der Waals surface area contributed by atoms with Crippen LogP contribution in [0.25, 0.3) is 0 Å².